The molecule has 0 bridgehead atoms. The number of nitrogens with one attached hydrogen (secondary N) is 1. The van der Waals surface area contributed by atoms with E-state index in [1.807, 2.05) is 31.2 Å². The summed E-state index contributed by atoms with van der Waals surface area (Å²) in [7, 11) is -7.80. The fraction of sp³-hybridized carbons (Fsp3) is 0.136. The molecule has 0 unspecified atom stereocenters. The van der Waals surface area contributed by atoms with Crippen LogP contribution in [0.4, 0.5) is 5.69 Å². The van der Waals surface area contributed by atoms with Crippen molar-refractivity contribution in [3.8, 4) is 0 Å². The summed E-state index contributed by atoms with van der Waals surface area (Å²) < 4.78 is 50.3. The van der Waals surface area contributed by atoms with Crippen molar-refractivity contribution >= 4 is 31.6 Å². The molecule has 0 aliphatic carbocycles. The number of hydrogen-bond acceptors (Lipinski definition) is 5. The Morgan fingerprint density at radius 1 is 0.844 bits per heavy atom. The molecule has 168 valence electrons. The average Bonchev–Trinajstić information content (AvgIpc) is 2.75. The van der Waals surface area contributed by atoms with Crippen LogP contribution in [0.2, 0.25) is 0 Å². The maximum atomic E-state index is 13.2. The molecule has 3 aromatic rings. The first kappa shape index (κ1) is 23.6. The molecule has 1 amide bonds. The van der Waals surface area contributed by atoms with Crippen molar-refractivity contribution in [2.75, 3.05) is 11.9 Å². The molecule has 32 heavy (non-hydrogen) atoms. The fourth-order valence-corrected chi connectivity index (χ4v) is 4.87. The smallest absolute Gasteiger partial charge is 0.243 e. The molecule has 0 saturated carbocycles. The molecule has 0 fully saturated rings. The van der Waals surface area contributed by atoms with Gasteiger partial charge in [-0.1, -0.05) is 48.0 Å². The summed E-state index contributed by atoms with van der Waals surface area (Å²) >= 11 is 0. The van der Waals surface area contributed by atoms with Crippen molar-refractivity contribution in [2.24, 2.45) is 5.14 Å². The lowest BCUT2D eigenvalue weighted by Crippen LogP contribution is -2.37. The monoisotopic (exact) mass is 473 g/mol. The molecule has 0 radical (unpaired) electrons. The number of hydrogen-bond donors (Lipinski definition) is 2. The Labute approximate surface area is 187 Å². The first-order valence-corrected chi connectivity index (χ1v) is 12.6. The lowest BCUT2D eigenvalue weighted by atomic mass is 10.1. The number of carbonyl (C=O) groups is 1. The molecular formula is C22H23N3O5S2. The maximum Gasteiger partial charge on any atom is 0.243 e. The van der Waals surface area contributed by atoms with Gasteiger partial charge in [0.1, 0.15) is 0 Å². The number of sulfonamides is 2. The molecule has 10 heteroatoms. The van der Waals surface area contributed by atoms with Crippen LogP contribution in [-0.4, -0.2) is 33.6 Å². The topological polar surface area (TPSA) is 127 Å². The number of carbonyl (C=O) groups excluding carboxylic acids is 1. The molecule has 0 spiro atoms. The van der Waals surface area contributed by atoms with Crippen LogP contribution in [0.3, 0.4) is 0 Å². The van der Waals surface area contributed by atoms with Gasteiger partial charge in [0, 0.05) is 12.2 Å². The minimum Gasteiger partial charge on any atom is -0.325 e. The molecule has 0 atom stereocenters. The molecular weight excluding hydrogens is 450 g/mol. The van der Waals surface area contributed by atoms with E-state index in [9.17, 15) is 21.6 Å². The van der Waals surface area contributed by atoms with Crippen LogP contribution in [0.5, 0.6) is 0 Å². The zero-order valence-corrected chi connectivity index (χ0v) is 18.9. The number of anilines is 1. The van der Waals surface area contributed by atoms with E-state index in [2.05, 4.69) is 5.32 Å². The van der Waals surface area contributed by atoms with Gasteiger partial charge in [-0.3, -0.25) is 4.79 Å². The van der Waals surface area contributed by atoms with E-state index in [1.54, 1.807) is 18.2 Å². The van der Waals surface area contributed by atoms with Gasteiger partial charge in [0.2, 0.25) is 26.0 Å². The normalized spacial score (nSPS) is 12.0. The summed E-state index contributed by atoms with van der Waals surface area (Å²) in [6, 6.07) is 20.5. The van der Waals surface area contributed by atoms with Gasteiger partial charge in [-0.05, 0) is 48.9 Å². The Hall–Kier alpha value is -3.05. The highest BCUT2D eigenvalue weighted by Gasteiger charge is 2.27. The Morgan fingerprint density at radius 3 is 2.00 bits per heavy atom. The first-order valence-electron chi connectivity index (χ1n) is 9.59. The highest BCUT2D eigenvalue weighted by Crippen LogP contribution is 2.19. The zero-order valence-electron chi connectivity index (χ0n) is 17.3. The molecule has 8 nitrogen and oxygen atoms in total. The van der Waals surface area contributed by atoms with E-state index < -0.39 is 32.5 Å². The molecule has 3 rings (SSSR count). The number of nitrogens with two attached hydrogens (primary N) is 1. The summed E-state index contributed by atoms with van der Waals surface area (Å²) in [6.45, 7) is 1.51. The minimum absolute atomic E-state index is 0.00921. The average molecular weight is 474 g/mol. The summed E-state index contributed by atoms with van der Waals surface area (Å²) in [6.07, 6.45) is 0. The Kier molecular flexibility index (Phi) is 7.09. The summed E-state index contributed by atoms with van der Waals surface area (Å²) in [5, 5.41) is 7.66. The number of aryl methyl sites for hydroxylation is 1. The highest BCUT2D eigenvalue weighted by atomic mass is 32.2. The molecule has 0 heterocycles. The molecule has 0 aliphatic rings. The van der Waals surface area contributed by atoms with Gasteiger partial charge in [0.15, 0.2) is 0 Å². The van der Waals surface area contributed by atoms with Gasteiger partial charge in [-0.25, -0.2) is 22.0 Å². The quantitative estimate of drug-likeness (QED) is 0.520. The van der Waals surface area contributed by atoms with Gasteiger partial charge in [-0.15, -0.1) is 0 Å². The number of nitrogens with zero attached hydrogens (tertiary/aromatic N) is 1. The van der Waals surface area contributed by atoms with Gasteiger partial charge in [0.05, 0.1) is 16.3 Å². The Bertz CT molecular complexity index is 1290. The predicted octanol–water partition coefficient (Wildman–Crippen LogP) is 2.47. The summed E-state index contributed by atoms with van der Waals surface area (Å²) in [5.74, 6) is -0.569. The van der Waals surface area contributed by atoms with Crippen LogP contribution in [0.15, 0.2) is 88.7 Å². The summed E-state index contributed by atoms with van der Waals surface area (Å²) in [5.41, 5.74) is 2.09. The second kappa shape index (κ2) is 9.61. The van der Waals surface area contributed by atoms with Gasteiger partial charge < -0.3 is 5.32 Å². The van der Waals surface area contributed by atoms with Crippen LogP contribution in [0.25, 0.3) is 0 Å². The van der Waals surface area contributed by atoms with Crippen molar-refractivity contribution in [1.82, 2.24) is 4.31 Å². The lowest BCUT2D eigenvalue weighted by Gasteiger charge is -2.22. The first-order chi connectivity index (χ1) is 15.1. The minimum atomic E-state index is -3.95. The van der Waals surface area contributed by atoms with E-state index in [0.29, 0.717) is 5.69 Å². The van der Waals surface area contributed by atoms with Crippen molar-refractivity contribution < 1.29 is 21.6 Å². The van der Waals surface area contributed by atoms with Gasteiger partial charge in [-0.2, -0.15) is 4.31 Å². The second-order valence-corrected chi connectivity index (χ2v) is 10.7. The number of amides is 1. The van der Waals surface area contributed by atoms with E-state index in [4.69, 9.17) is 5.14 Å². The van der Waals surface area contributed by atoms with E-state index in [0.717, 1.165) is 15.4 Å². The van der Waals surface area contributed by atoms with Crippen LogP contribution in [0, 0.1) is 6.92 Å². The van der Waals surface area contributed by atoms with Crippen molar-refractivity contribution in [3.05, 3.63) is 90.0 Å². The maximum absolute atomic E-state index is 13.2. The highest BCUT2D eigenvalue weighted by molar-refractivity contribution is 7.89. The standard InChI is InChI=1S/C22H23N3O5S2/c1-17-7-9-18(10-8-17)15-25(32(29,30)21-5-3-2-4-6-21)16-22(26)24-19-11-13-20(14-12-19)31(23,27)28/h2-14H,15-16H2,1H3,(H,24,26)(H2,23,27,28). The van der Waals surface area contributed by atoms with Gasteiger partial charge >= 0.3 is 0 Å². The second-order valence-electron chi connectivity index (χ2n) is 7.19. The third kappa shape index (κ3) is 6.01. The molecule has 0 aromatic heterocycles. The third-order valence-electron chi connectivity index (χ3n) is 4.65. The van der Waals surface area contributed by atoms with E-state index in [-0.39, 0.29) is 16.3 Å². The Balaban J connectivity index is 1.83. The number of primary sulfonamides is 1. The van der Waals surface area contributed by atoms with Crippen LogP contribution >= 0.6 is 0 Å². The Morgan fingerprint density at radius 2 is 1.44 bits per heavy atom. The van der Waals surface area contributed by atoms with E-state index in [1.165, 1.54) is 36.4 Å². The number of benzene rings is 3. The largest absolute Gasteiger partial charge is 0.325 e. The van der Waals surface area contributed by atoms with Crippen LogP contribution in [0.1, 0.15) is 11.1 Å². The zero-order chi connectivity index (χ0) is 23.4. The van der Waals surface area contributed by atoms with Crippen molar-refractivity contribution in [3.63, 3.8) is 0 Å². The van der Waals surface area contributed by atoms with Crippen molar-refractivity contribution in [1.29, 1.82) is 0 Å². The van der Waals surface area contributed by atoms with E-state index >= 15 is 0 Å². The molecule has 3 aromatic carbocycles. The summed E-state index contributed by atoms with van der Waals surface area (Å²) in [4.78, 5) is 12.7. The van der Waals surface area contributed by atoms with Crippen molar-refractivity contribution in [2.45, 2.75) is 23.3 Å². The molecule has 3 N–H and O–H groups in total. The van der Waals surface area contributed by atoms with Crippen LogP contribution in [-0.2, 0) is 31.4 Å². The van der Waals surface area contributed by atoms with Gasteiger partial charge in [0.25, 0.3) is 0 Å². The fourth-order valence-electron chi connectivity index (χ4n) is 2.95. The number of rotatable bonds is 8. The lowest BCUT2D eigenvalue weighted by molar-refractivity contribution is -0.116. The van der Waals surface area contributed by atoms with Crippen LogP contribution < -0.4 is 10.5 Å². The SMILES string of the molecule is Cc1ccc(CN(CC(=O)Nc2ccc(S(N)(=O)=O)cc2)S(=O)(=O)c2ccccc2)cc1. The third-order valence-corrected chi connectivity index (χ3v) is 7.38. The predicted molar refractivity (Wildman–Crippen MR) is 122 cm³/mol. The molecule has 0 aliphatic heterocycles. The molecule has 0 saturated heterocycles.